The molecule has 0 aliphatic rings. The molecule has 0 spiro atoms. The van der Waals surface area contributed by atoms with E-state index in [0.717, 1.165) is 0 Å². The monoisotopic (exact) mass is 221 g/mol. The van der Waals surface area contributed by atoms with E-state index < -0.39 is 0 Å². The Hall–Kier alpha value is -1.97. The first-order chi connectivity index (χ1) is 7.59. The number of aromatic amines is 1. The Morgan fingerprint density at radius 3 is 2.31 bits per heavy atom. The SMILES string of the molecule is CC.Cc1c[nH]c2cc(O)c(O)cc2c1=O. The number of hydrogen-bond donors (Lipinski definition) is 3. The fourth-order valence-electron chi connectivity index (χ4n) is 1.35. The van der Waals surface area contributed by atoms with Crippen LogP contribution in [0.1, 0.15) is 19.4 Å². The number of aromatic hydroxyl groups is 2. The maximum atomic E-state index is 11.6. The highest BCUT2D eigenvalue weighted by Crippen LogP contribution is 2.27. The minimum Gasteiger partial charge on any atom is -0.504 e. The van der Waals surface area contributed by atoms with Gasteiger partial charge in [-0.1, -0.05) is 13.8 Å². The van der Waals surface area contributed by atoms with Crippen LogP contribution >= 0.6 is 0 Å². The van der Waals surface area contributed by atoms with Crippen molar-refractivity contribution in [1.29, 1.82) is 0 Å². The molecular formula is C12H15NO3. The van der Waals surface area contributed by atoms with E-state index in [-0.39, 0.29) is 16.9 Å². The Morgan fingerprint density at radius 2 is 1.69 bits per heavy atom. The molecule has 1 aromatic carbocycles. The van der Waals surface area contributed by atoms with Crippen molar-refractivity contribution >= 4 is 10.9 Å². The van der Waals surface area contributed by atoms with E-state index >= 15 is 0 Å². The Bertz CT molecular complexity index is 558. The summed E-state index contributed by atoms with van der Waals surface area (Å²) in [7, 11) is 0. The lowest BCUT2D eigenvalue weighted by Crippen LogP contribution is -2.05. The first kappa shape index (κ1) is 12.1. The zero-order valence-corrected chi connectivity index (χ0v) is 9.53. The fourth-order valence-corrected chi connectivity index (χ4v) is 1.35. The molecule has 0 bridgehead atoms. The van der Waals surface area contributed by atoms with Crippen LogP contribution in [-0.2, 0) is 0 Å². The molecule has 0 unspecified atom stereocenters. The number of nitrogens with one attached hydrogen (secondary N) is 1. The van der Waals surface area contributed by atoms with Gasteiger partial charge in [-0.25, -0.2) is 0 Å². The van der Waals surface area contributed by atoms with E-state index in [4.69, 9.17) is 0 Å². The van der Waals surface area contributed by atoms with Crippen LogP contribution in [0.3, 0.4) is 0 Å². The van der Waals surface area contributed by atoms with Crippen molar-refractivity contribution < 1.29 is 10.2 Å². The third-order valence-corrected chi connectivity index (χ3v) is 2.16. The van der Waals surface area contributed by atoms with Crippen LogP contribution in [0.4, 0.5) is 0 Å². The Balaban J connectivity index is 0.000000606. The Kier molecular flexibility index (Phi) is 3.55. The highest BCUT2D eigenvalue weighted by Gasteiger charge is 2.06. The summed E-state index contributed by atoms with van der Waals surface area (Å²) in [5.74, 6) is -0.523. The summed E-state index contributed by atoms with van der Waals surface area (Å²) in [6, 6.07) is 2.59. The molecule has 0 aliphatic heterocycles. The summed E-state index contributed by atoms with van der Waals surface area (Å²) in [5.41, 5.74) is 0.938. The molecule has 0 aliphatic carbocycles. The smallest absolute Gasteiger partial charge is 0.192 e. The van der Waals surface area contributed by atoms with Crippen LogP contribution < -0.4 is 5.43 Å². The second kappa shape index (κ2) is 4.70. The minimum absolute atomic E-state index is 0.144. The number of fused-ring (bicyclic) bond motifs is 1. The highest BCUT2D eigenvalue weighted by atomic mass is 16.3. The van der Waals surface area contributed by atoms with Gasteiger partial charge in [0.15, 0.2) is 16.9 Å². The highest BCUT2D eigenvalue weighted by molar-refractivity contribution is 5.82. The molecule has 0 saturated heterocycles. The van der Waals surface area contributed by atoms with Crippen LogP contribution in [0.5, 0.6) is 11.5 Å². The van der Waals surface area contributed by atoms with Gasteiger partial charge in [-0.2, -0.15) is 0 Å². The van der Waals surface area contributed by atoms with Gasteiger partial charge in [-0.15, -0.1) is 0 Å². The van der Waals surface area contributed by atoms with Gasteiger partial charge in [0.2, 0.25) is 0 Å². The Labute approximate surface area is 93.2 Å². The molecule has 0 atom stereocenters. The number of hydrogen-bond acceptors (Lipinski definition) is 3. The van der Waals surface area contributed by atoms with Gasteiger partial charge in [0.25, 0.3) is 0 Å². The van der Waals surface area contributed by atoms with Gasteiger partial charge < -0.3 is 15.2 Å². The second-order valence-corrected chi connectivity index (χ2v) is 3.19. The molecule has 0 amide bonds. The lowest BCUT2D eigenvalue weighted by atomic mass is 10.1. The molecule has 0 saturated carbocycles. The van der Waals surface area contributed by atoms with Crippen molar-refractivity contribution in [3.05, 3.63) is 34.1 Å². The number of rotatable bonds is 0. The van der Waals surface area contributed by atoms with E-state index in [9.17, 15) is 15.0 Å². The van der Waals surface area contributed by atoms with Crippen LogP contribution in [0, 0.1) is 6.92 Å². The molecule has 1 aromatic heterocycles. The lowest BCUT2D eigenvalue weighted by Gasteiger charge is -2.01. The molecule has 1 heterocycles. The average molecular weight is 221 g/mol. The molecule has 0 fully saturated rings. The van der Waals surface area contributed by atoms with E-state index in [1.54, 1.807) is 13.1 Å². The molecule has 0 radical (unpaired) electrons. The van der Waals surface area contributed by atoms with Crippen molar-refractivity contribution in [1.82, 2.24) is 4.98 Å². The molecule has 4 heteroatoms. The number of aromatic nitrogens is 1. The summed E-state index contributed by atoms with van der Waals surface area (Å²) in [4.78, 5) is 14.4. The number of phenolic OH excluding ortho intramolecular Hbond substituents is 2. The van der Waals surface area contributed by atoms with Crippen molar-refractivity contribution in [3.63, 3.8) is 0 Å². The lowest BCUT2D eigenvalue weighted by molar-refractivity contribution is 0.405. The molecule has 3 N–H and O–H groups in total. The summed E-state index contributed by atoms with van der Waals surface area (Å²) in [5, 5.41) is 18.8. The molecule has 2 rings (SSSR count). The zero-order chi connectivity index (χ0) is 12.3. The molecule has 16 heavy (non-hydrogen) atoms. The number of pyridine rings is 1. The first-order valence-corrected chi connectivity index (χ1v) is 5.13. The van der Waals surface area contributed by atoms with Crippen LogP contribution in [0.15, 0.2) is 23.1 Å². The molecular weight excluding hydrogens is 206 g/mol. The van der Waals surface area contributed by atoms with E-state index in [1.165, 1.54) is 12.1 Å². The number of H-pyrrole nitrogens is 1. The van der Waals surface area contributed by atoms with E-state index in [1.807, 2.05) is 13.8 Å². The van der Waals surface area contributed by atoms with Crippen LogP contribution in [0.25, 0.3) is 10.9 Å². The minimum atomic E-state index is -0.284. The van der Waals surface area contributed by atoms with Crippen LogP contribution in [0.2, 0.25) is 0 Å². The predicted octanol–water partition coefficient (Wildman–Crippen LogP) is 2.27. The predicted molar refractivity (Wildman–Crippen MR) is 64.0 cm³/mol. The fraction of sp³-hybridized carbons (Fsp3) is 0.250. The third-order valence-electron chi connectivity index (χ3n) is 2.16. The molecule has 4 nitrogen and oxygen atoms in total. The number of phenols is 2. The Morgan fingerprint density at radius 1 is 1.12 bits per heavy atom. The van der Waals surface area contributed by atoms with Crippen molar-refractivity contribution in [2.45, 2.75) is 20.8 Å². The van der Waals surface area contributed by atoms with Crippen molar-refractivity contribution in [3.8, 4) is 11.5 Å². The molecule has 2 aromatic rings. The largest absolute Gasteiger partial charge is 0.504 e. The summed E-state index contributed by atoms with van der Waals surface area (Å²) in [6.07, 6.45) is 1.57. The summed E-state index contributed by atoms with van der Waals surface area (Å²) < 4.78 is 0. The summed E-state index contributed by atoms with van der Waals surface area (Å²) in [6.45, 7) is 5.68. The topological polar surface area (TPSA) is 73.3 Å². The first-order valence-electron chi connectivity index (χ1n) is 5.13. The quantitative estimate of drug-likeness (QED) is 0.597. The average Bonchev–Trinajstić information content (AvgIpc) is 2.30. The van der Waals surface area contributed by atoms with Crippen LogP contribution in [-0.4, -0.2) is 15.2 Å². The molecule has 86 valence electrons. The maximum Gasteiger partial charge on any atom is 0.192 e. The zero-order valence-electron chi connectivity index (χ0n) is 9.53. The third kappa shape index (κ3) is 2.00. The van der Waals surface area contributed by atoms with E-state index in [2.05, 4.69) is 4.98 Å². The maximum absolute atomic E-state index is 11.6. The number of aryl methyl sites for hydroxylation is 1. The van der Waals surface area contributed by atoms with Crippen molar-refractivity contribution in [2.75, 3.05) is 0 Å². The standard InChI is InChI=1S/C10H9NO3.C2H6/c1-5-4-11-7-3-9(13)8(12)2-6(7)10(5)14;1-2/h2-4,12-13H,1H3,(H,11,14);1-2H3. The van der Waals surface area contributed by atoms with Gasteiger partial charge >= 0.3 is 0 Å². The van der Waals surface area contributed by atoms with Gasteiger partial charge in [0.05, 0.1) is 5.52 Å². The van der Waals surface area contributed by atoms with Gasteiger partial charge in [0, 0.05) is 23.2 Å². The normalized spacial score (nSPS) is 9.69. The number of benzene rings is 1. The van der Waals surface area contributed by atoms with Gasteiger partial charge in [0.1, 0.15) is 0 Å². The second-order valence-electron chi connectivity index (χ2n) is 3.19. The van der Waals surface area contributed by atoms with Gasteiger partial charge in [-0.05, 0) is 13.0 Å². The van der Waals surface area contributed by atoms with Gasteiger partial charge in [-0.3, -0.25) is 4.79 Å². The van der Waals surface area contributed by atoms with E-state index in [0.29, 0.717) is 16.5 Å². The summed E-state index contributed by atoms with van der Waals surface area (Å²) >= 11 is 0. The van der Waals surface area contributed by atoms with Crippen molar-refractivity contribution in [2.24, 2.45) is 0 Å².